The van der Waals surface area contributed by atoms with Gasteiger partial charge in [0, 0.05) is 24.4 Å². The van der Waals surface area contributed by atoms with E-state index in [1.807, 2.05) is 18.3 Å². The molecule has 0 fully saturated rings. The van der Waals surface area contributed by atoms with Crippen LogP contribution in [0.15, 0.2) is 35.3 Å². The SMILES string of the molecule is O=c1ccn2c3c(cc4c(c13)OCC=C4)C=CC2. The summed E-state index contributed by atoms with van der Waals surface area (Å²) in [6.07, 6.45) is 10.0. The number of pyridine rings is 1. The summed E-state index contributed by atoms with van der Waals surface area (Å²) < 4.78 is 7.76. The van der Waals surface area contributed by atoms with E-state index >= 15 is 0 Å². The normalized spacial score (nSPS) is 15.6. The Morgan fingerprint density at radius 2 is 2.06 bits per heavy atom. The summed E-state index contributed by atoms with van der Waals surface area (Å²) in [5.41, 5.74) is 3.09. The highest BCUT2D eigenvalue weighted by molar-refractivity contribution is 5.96. The summed E-state index contributed by atoms with van der Waals surface area (Å²) in [7, 11) is 0. The fourth-order valence-corrected chi connectivity index (χ4v) is 2.71. The van der Waals surface area contributed by atoms with Crippen LogP contribution < -0.4 is 10.2 Å². The molecule has 18 heavy (non-hydrogen) atoms. The van der Waals surface area contributed by atoms with Crippen LogP contribution in [0.25, 0.3) is 23.1 Å². The quantitative estimate of drug-likeness (QED) is 0.704. The van der Waals surface area contributed by atoms with Crippen molar-refractivity contribution >= 4 is 23.1 Å². The number of aromatic nitrogens is 1. The van der Waals surface area contributed by atoms with Crippen LogP contribution in [0.3, 0.4) is 0 Å². The molecule has 0 atom stereocenters. The molecule has 0 saturated carbocycles. The van der Waals surface area contributed by atoms with Gasteiger partial charge in [-0.15, -0.1) is 0 Å². The van der Waals surface area contributed by atoms with Gasteiger partial charge in [0.15, 0.2) is 5.43 Å². The van der Waals surface area contributed by atoms with Gasteiger partial charge in [-0.05, 0) is 17.7 Å². The van der Waals surface area contributed by atoms with Gasteiger partial charge in [-0.3, -0.25) is 4.79 Å². The smallest absolute Gasteiger partial charge is 0.193 e. The molecular formula is C15H11NO2. The van der Waals surface area contributed by atoms with E-state index in [-0.39, 0.29) is 5.43 Å². The van der Waals surface area contributed by atoms with Gasteiger partial charge in [0.2, 0.25) is 0 Å². The molecule has 2 aliphatic heterocycles. The van der Waals surface area contributed by atoms with Gasteiger partial charge in [-0.25, -0.2) is 0 Å². The third-order valence-corrected chi connectivity index (χ3v) is 3.47. The summed E-state index contributed by atoms with van der Waals surface area (Å²) in [4.78, 5) is 12.2. The minimum atomic E-state index is 0.0324. The first-order valence-electron chi connectivity index (χ1n) is 6.00. The molecule has 0 saturated heterocycles. The Balaban J connectivity index is 2.28. The van der Waals surface area contributed by atoms with Crippen molar-refractivity contribution in [3.63, 3.8) is 0 Å². The number of benzene rings is 1. The van der Waals surface area contributed by atoms with Gasteiger partial charge in [0.1, 0.15) is 12.4 Å². The number of hydrogen-bond donors (Lipinski definition) is 0. The second-order valence-electron chi connectivity index (χ2n) is 4.56. The number of ether oxygens (including phenoxy) is 1. The lowest BCUT2D eigenvalue weighted by atomic mass is 9.99. The van der Waals surface area contributed by atoms with Crippen LogP contribution in [0.5, 0.6) is 5.75 Å². The van der Waals surface area contributed by atoms with Gasteiger partial charge < -0.3 is 9.30 Å². The highest BCUT2D eigenvalue weighted by Crippen LogP contribution is 2.35. The molecule has 1 aromatic carbocycles. The molecule has 2 aliphatic rings. The fraction of sp³-hybridized carbons (Fsp3) is 0.133. The molecule has 0 spiro atoms. The van der Waals surface area contributed by atoms with E-state index in [0.29, 0.717) is 12.0 Å². The van der Waals surface area contributed by atoms with E-state index < -0.39 is 0 Å². The number of hydrogen-bond acceptors (Lipinski definition) is 2. The van der Waals surface area contributed by atoms with Crippen molar-refractivity contribution < 1.29 is 4.74 Å². The van der Waals surface area contributed by atoms with Gasteiger partial charge in [-0.2, -0.15) is 0 Å². The van der Waals surface area contributed by atoms with Gasteiger partial charge in [-0.1, -0.05) is 18.2 Å². The zero-order valence-corrected chi connectivity index (χ0v) is 9.72. The Hall–Kier alpha value is -2.29. The maximum absolute atomic E-state index is 12.2. The van der Waals surface area contributed by atoms with Crippen molar-refractivity contribution in [1.29, 1.82) is 0 Å². The topological polar surface area (TPSA) is 31.2 Å². The van der Waals surface area contributed by atoms with Crippen LogP contribution in [0.1, 0.15) is 11.1 Å². The first-order valence-corrected chi connectivity index (χ1v) is 6.00. The van der Waals surface area contributed by atoms with E-state index in [0.717, 1.165) is 28.9 Å². The fourth-order valence-electron chi connectivity index (χ4n) is 2.71. The Bertz CT molecular complexity index is 781. The van der Waals surface area contributed by atoms with Crippen molar-refractivity contribution in [3.8, 4) is 5.75 Å². The predicted octanol–water partition coefficient (Wildman–Crippen LogP) is 2.43. The monoisotopic (exact) mass is 237 g/mol. The molecule has 3 heterocycles. The summed E-state index contributed by atoms with van der Waals surface area (Å²) in [6.45, 7) is 1.34. The van der Waals surface area contributed by atoms with Crippen molar-refractivity contribution in [2.75, 3.05) is 6.61 Å². The zero-order valence-electron chi connectivity index (χ0n) is 9.72. The lowest BCUT2D eigenvalue weighted by Gasteiger charge is -2.20. The molecule has 0 radical (unpaired) electrons. The van der Waals surface area contributed by atoms with Crippen molar-refractivity contribution in [2.45, 2.75) is 6.54 Å². The molecule has 0 bridgehead atoms. The minimum Gasteiger partial charge on any atom is -0.488 e. The van der Waals surface area contributed by atoms with Crippen LogP contribution in [0.2, 0.25) is 0 Å². The minimum absolute atomic E-state index is 0.0324. The molecule has 4 rings (SSSR count). The van der Waals surface area contributed by atoms with E-state index in [1.54, 1.807) is 6.07 Å². The first kappa shape index (κ1) is 9.71. The number of allylic oxidation sites excluding steroid dienone is 1. The number of rotatable bonds is 0. The van der Waals surface area contributed by atoms with E-state index in [2.05, 4.69) is 22.8 Å². The van der Waals surface area contributed by atoms with Crippen molar-refractivity contribution in [1.82, 2.24) is 4.57 Å². The van der Waals surface area contributed by atoms with E-state index in [1.165, 1.54) is 0 Å². The summed E-state index contributed by atoms with van der Waals surface area (Å²) in [5, 5.41) is 0.707. The van der Waals surface area contributed by atoms with Crippen LogP contribution in [0, 0.1) is 0 Å². The van der Waals surface area contributed by atoms with Crippen LogP contribution in [-0.4, -0.2) is 11.2 Å². The number of fused-ring (bicyclic) bond motifs is 2. The Morgan fingerprint density at radius 1 is 1.17 bits per heavy atom. The van der Waals surface area contributed by atoms with E-state index in [4.69, 9.17) is 4.74 Å². The molecule has 2 aromatic rings. The Labute approximate surface area is 104 Å². The molecule has 88 valence electrons. The Kier molecular flexibility index (Phi) is 1.81. The highest BCUT2D eigenvalue weighted by atomic mass is 16.5. The van der Waals surface area contributed by atoms with Gasteiger partial charge in [0.05, 0.1) is 10.9 Å². The van der Waals surface area contributed by atoms with Gasteiger partial charge in [0.25, 0.3) is 0 Å². The molecular weight excluding hydrogens is 226 g/mol. The maximum Gasteiger partial charge on any atom is 0.193 e. The molecule has 0 N–H and O–H groups in total. The molecule has 3 heteroatoms. The van der Waals surface area contributed by atoms with Gasteiger partial charge >= 0.3 is 0 Å². The predicted molar refractivity (Wildman–Crippen MR) is 71.8 cm³/mol. The summed E-state index contributed by atoms with van der Waals surface area (Å²) in [6, 6.07) is 3.70. The van der Waals surface area contributed by atoms with Crippen LogP contribution >= 0.6 is 0 Å². The van der Waals surface area contributed by atoms with Crippen LogP contribution in [-0.2, 0) is 6.54 Å². The lowest BCUT2D eigenvalue weighted by Crippen LogP contribution is -2.14. The summed E-state index contributed by atoms with van der Waals surface area (Å²) in [5.74, 6) is 0.728. The maximum atomic E-state index is 12.2. The highest BCUT2D eigenvalue weighted by Gasteiger charge is 2.18. The van der Waals surface area contributed by atoms with Crippen molar-refractivity contribution in [3.05, 3.63) is 51.8 Å². The standard InChI is InChI=1S/C15H11NO2/c17-12-5-7-16-6-1-3-10-9-11-4-2-8-18-15(11)13(12)14(10)16/h1-5,7,9H,6,8H2. The zero-order chi connectivity index (χ0) is 12.1. The van der Waals surface area contributed by atoms with Crippen LogP contribution in [0.4, 0.5) is 0 Å². The average Bonchev–Trinajstić information content (AvgIpc) is 2.41. The molecule has 3 nitrogen and oxygen atoms in total. The lowest BCUT2D eigenvalue weighted by molar-refractivity contribution is 0.362. The molecule has 1 aromatic heterocycles. The molecule has 0 aliphatic carbocycles. The van der Waals surface area contributed by atoms with Crippen molar-refractivity contribution in [2.24, 2.45) is 0 Å². The summed E-state index contributed by atoms with van der Waals surface area (Å²) >= 11 is 0. The second-order valence-corrected chi connectivity index (χ2v) is 4.56. The Morgan fingerprint density at radius 3 is 3.00 bits per heavy atom. The molecule has 0 unspecified atom stereocenters. The number of nitrogens with zero attached hydrogens (tertiary/aromatic N) is 1. The molecule has 0 amide bonds. The second kappa shape index (κ2) is 3.35. The largest absolute Gasteiger partial charge is 0.488 e. The first-order chi connectivity index (χ1) is 8.84. The third kappa shape index (κ3) is 1.16. The van der Waals surface area contributed by atoms with E-state index in [9.17, 15) is 4.79 Å². The third-order valence-electron chi connectivity index (χ3n) is 3.47. The average molecular weight is 237 g/mol.